The second kappa shape index (κ2) is 4.93. The minimum Gasteiger partial charge on any atom is -0.315 e. The molecule has 0 bridgehead atoms. The summed E-state index contributed by atoms with van der Waals surface area (Å²) in [7, 11) is 0. The van der Waals surface area contributed by atoms with Gasteiger partial charge in [-0.2, -0.15) is 0 Å². The first kappa shape index (κ1) is 12.6. The number of hydrogen-bond acceptors (Lipinski definition) is 3. The standard InChI is InChI=1S/C15H21N3O/c1-2-3-10-18-12-6-4-9-17-13(12)15(14(18)19)7-5-8-16-11-15/h4,6,9,16H,2-3,5,7-8,10-11H2,1H3/t15-/m1/s1. The summed E-state index contributed by atoms with van der Waals surface area (Å²) in [4.78, 5) is 19.4. The van der Waals surface area contributed by atoms with Gasteiger partial charge in [-0.3, -0.25) is 9.78 Å². The average molecular weight is 259 g/mol. The van der Waals surface area contributed by atoms with Gasteiger partial charge in [-0.1, -0.05) is 13.3 Å². The number of unbranched alkanes of at least 4 members (excludes halogenated alkanes) is 1. The van der Waals surface area contributed by atoms with Crippen molar-refractivity contribution in [1.82, 2.24) is 10.3 Å². The maximum absolute atomic E-state index is 12.9. The molecule has 0 radical (unpaired) electrons. The Hall–Kier alpha value is -1.42. The third-order valence-electron chi connectivity index (χ3n) is 4.30. The van der Waals surface area contributed by atoms with Crippen LogP contribution in [0.1, 0.15) is 38.3 Å². The molecule has 19 heavy (non-hydrogen) atoms. The van der Waals surface area contributed by atoms with E-state index in [4.69, 9.17) is 0 Å². The van der Waals surface area contributed by atoms with Crippen LogP contribution in [0.4, 0.5) is 5.69 Å². The highest BCUT2D eigenvalue weighted by atomic mass is 16.2. The molecule has 1 spiro atoms. The fourth-order valence-corrected chi connectivity index (χ4v) is 3.28. The number of hydrogen-bond donors (Lipinski definition) is 1. The molecule has 3 rings (SSSR count). The summed E-state index contributed by atoms with van der Waals surface area (Å²) in [6.45, 7) is 4.71. The molecule has 1 aromatic heterocycles. The molecule has 4 nitrogen and oxygen atoms in total. The number of aromatic nitrogens is 1. The van der Waals surface area contributed by atoms with Gasteiger partial charge in [0.05, 0.1) is 11.4 Å². The number of piperidine rings is 1. The molecule has 2 aliphatic heterocycles. The fraction of sp³-hybridized carbons (Fsp3) is 0.600. The molecule has 102 valence electrons. The number of nitrogens with one attached hydrogen (secondary N) is 1. The first-order valence-electron chi connectivity index (χ1n) is 7.28. The molecule has 0 aromatic carbocycles. The van der Waals surface area contributed by atoms with E-state index in [1.165, 1.54) is 0 Å². The number of anilines is 1. The maximum atomic E-state index is 12.9. The van der Waals surface area contributed by atoms with Crippen LogP contribution in [0.25, 0.3) is 0 Å². The number of fused-ring (bicyclic) bond motifs is 2. The largest absolute Gasteiger partial charge is 0.315 e. The lowest BCUT2D eigenvalue weighted by Crippen LogP contribution is -2.50. The Morgan fingerprint density at radius 3 is 3.16 bits per heavy atom. The van der Waals surface area contributed by atoms with Crippen molar-refractivity contribution >= 4 is 11.6 Å². The lowest BCUT2D eigenvalue weighted by molar-refractivity contribution is -0.123. The molecule has 1 aromatic rings. The Kier molecular flexibility index (Phi) is 3.27. The molecule has 1 fully saturated rings. The molecule has 4 heteroatoms. The highest BCUT2D eigenvalue weighted by Gasteiger charge is 2.52. The van der Waals surface area contributed by atoms with E-state index in [1.807, 2.05) is 23.2 Å². The van der Waals surface area contributed by atoms with Crippen molar-refractivity contribution < 1.29 is 4.79 Å². The van der Waals surface area contributed by atoms with Gasteiger partial charge in [-0.05, 0) is 37.9 Å². The zero-order chi connectivity index (χ0) is 13.3. The van der Waals surface area contributed by atoms with Gasteiger partial charge in [-0.25, -0.2) is 0 Å². The van der Waals surface area contributed by atoms with E-state index in [0.717, 1.165) is 56.7 Å². The average Bonchev–Trinajstić information content (AvgIpc) is 2.69. The Balaban J connectivity index is 2.01. The SMILES string of the molecule is CCCCN1C(=O)[C@@]2(CCCNC2)c2ncccc21. The van der Waals surface area contributed by atoms with Crippen LogP contribution in [0.2, 0.25) is 0 Å². The van der Waals surface area contributed by atoms with Gasteiger partial charge in [0.1, 0.15) is 5.41 Å². The fourth-order valence-electron chi connectivity index (χ4n) is 3.28. The van der Waals surface area contributed by atoms with Gasteiger partial charge < -0.3 is 10.2 Å². The molecule has 0 saturated carbocycles. The summed E-state index contributed by atoms with van der Waals surface area (Å²) in [5.74, 6) is 0.252. The van der Waals surface area contributed by atoms with Gasteiger partial charge in [-0.15, -0.1) is 0 Å². The molecule has 1 N–H and O–H groups in total. The van der Waals surface area contributed by atoms with Gasteiger partial charge in [0.2, 0.25) is 5.91 Å². The van der Waals surface area contributed by atoms with E-state index in [-0.39, 0.29) is 5.91 Å². The summed E-state index contributed by atoms with van der Waals surface area (Å²) in [5, 5.41) is 3.38. The van der Waals surface area contributed by atoms with Crippen molar-refractivity contribution in [1.29, 1.82) is 0 Å². The van der Waals surface area contributed by atoms with Crippen molar-refractivity contribution in [2.45, 2.75) is 38.0 Å². The Morgan fingerprint density at radius 2 is 2.42 bits per heavy atom. The predicted molar refractivity (Wildman–Crippen MR) is 75.3 cm³/mol. The van der Waals surface area contributed by atoms with Crippen LogP contribution in [0.15, 0.2) is 18.3 Å². The topological polar surface area (TPSA) is 45.2 Å². The Labute approximate surface area is 114 Å². The van der Waals surface area contributed by atoms with Crippen LogP contribution in [0.5, 0.6) is 0 Å². The van der Waals surface area contributed by atoms with Crippen LogP contribution in [0.3, 0.4) is 0 Å². The van der Waals surface area contributed by atoms with Crippen molar-refractivity contribution in [3.05, 3.63) is 24.0 Å². The summed E-state index contributed by atoms with van der Waals surface area (Å²) in [6, 6.07) is 3.97. The molecule has 1 atom stereocenters. The zero-order valence-corrected chi connectivity index (χ0v) is 11.5. The molecule has 0 unspecified atom stereocenters. The summed E-state index contributed by atoms with van der Waals surface area (Å²) >= 11 is 0. The number of amides is 1. The number of rotatable bonds is 3. The molecule has 3 heterocycles. The van der Waals surface area contributed by atoms with E-state index < -0.39 is 5.41 Å². The van der Waals surface area contributed by atoms with E-state index in [9.17, 15) is 4.79 Å². The number of nitrogens with zero attached hydrogens (tertiary/aromatic N) is 2. The van der Waals surface area contributed by atoms with Gasteiger partial charge in [0.15, 0.2) is 0 Å². The first-order valence-corrected chi connectivity index (χ1v) is 7.28. The molecule has 1 amide bonds. The second-order valence-electron chi connectivity index (χ2n) is 5.54. The quantitative estimate of drug-likeness (QED) is 0.901. The minimum absolute atomic E-state index is 0.252. The number of carbonyl (C=O) groups excluding carboxylic acids is 1. The molecule has 2 aliphatic rings. The first-order chi connectivity index (χ1) is 9.29. The number of pyridine rings is 1. The maximum Gasteiger partial charge on any atom is 0.240 e. The second-order valence-corrected chi connectivity index (χ2v) is 5.54. The molecule has 1 saturated heterocycles. The van der Waals surface area contributed by atoms with Crippen molar-refractivity contribution in [3.63, 3.8) is 0 Å². The van der Waals surface area contributed by atoms with Crippen molar-refractivity contribution in [2.75, 3.05) is 24.5 Å². The van der Waals surface area contributed by atoms with Crippen LogP contribution >= 0.6 is 0 Å². The van der Waals surface area contributed by atoms with E-state index in [2.05, 4.69) is 17.2 Å². The lowest BCUT2D eigenvalue weighted by atomic mass is 9.78. The van der Waals surface area contributed by atoms with Gasteiger partial charge >= 0.3 is 0 Å². The molecular weight excluding hydrogens is 238 g/mol. The van der Waals surface area contributed by atoms with E-state index in [0.29, 0.717) is 0 Å². The molecule has 0 aliphatic carbocycles. The van der Waals surface area contributed by atoms with Crippen molar-refractivity contribution in [2.24, 2.45) is 0 Å². The summed E-state index contributed by atoms with van der Waals surface area (Å²) < 4.78 is 0. The van der Waals surface area contributed by atoms with E-state index in [1.54, 1.807) is 0 Å². The van der Waals surface area contributed by atoms with Gasteiger partial charge in [0.25, 0.3) is 0 Å². The summed E-state index contributed by atoms with van der Waals surface area (Å²) in [5.41, 5.74) is 1.62. The normalized spacial score (nSPS) is 25.9. The van der Waals surface area contributed by atoms with Crippen LogP contribution in [-0.4, -0.2) is 30.5 Å². The smallest absolute Gasteiger partial charge is 0.240 e. The highest BCUT2D eigenvalue weighted by Crippen LogP contribution is 2.44. The van der Waals surface area contributed by atoms with E-state index >= 15 is 0 Å². The predicted octanol–water partition coefficient (Wildman–Crippen LogP) is 1.85. The monoisotopic (exact) mass is 259 g/mol. The minimum atomic E-state index is -0.400. The van der Waals surface area contributed by atoms with Crippen LogP contribution in [0, 0.1) is 0 Å². The summed E-state index contributed by atoms with van der Waals surface area (Å²) in [6.07, 6.45) is 5.93. The van der Waals surface area contributed by atoms with Crippen molar-refractivity contribution in [3.8, 4) is 0 Å². The Morgan fingerprint density at radius 1 is 1.53 bits per heavy atom. The van der Waals surface area contributed by atoms with Gasteiger partial charge in [0, 0.05) is 19.3 Å². The van der Waals surface area contributed by atoms with Crippen LogP contribution in [-0.2, 0) is 10.2 Å². The number of carbonyl (C=O) groups is 1. The third kappa shape index (κ3) is 1.86. The zero-order valence-electron chi connectivity index (χ0n) is 11.5. The lowest BCUT2D eigenvalue weighted by Gasteiger charge is -2.32. The highest BCUT2D eigenvalue weighted by molar-refractivity contribution is 6.07. The third-order valence-corrected chi connectivity index (χ3v) is 4.30. The Bertz CT molecular complexity index is 480. The molecular formula is C15H21N3O. The van der Waals surface area contributed by atoms with Crippen LogP contribution < -0.4 is 10.2 Å².